The first-order chi connectivity index (χ1) is 10.3. The number of hydrogen-bond donors (Lipinski definition) is 2. The fraction of sp³-hybridized carbons (Fsp3) is 0.462. The summed E-state index contributed by atoms with van der Waals surface area (Å²) in [4.78, 5) is 12.2. The number of hydrogen-bond acceptors (Lipinski definition) is 4. The van der Waals surface area contributed by atoms with Crippen molar-refractivity contribution in [1.82, 2.24) is 4.72 Å². The highest BCUT2D eigenvalue weighted by Crippen LogP contribution is 2.20. The van der Waals surface area contributed by atoms with E-state index in [1.807, 2.05) is 6.26 Å². The highest BCUT2D eigenvalue weighted by atomic mass is 79.9. The van der Waals surface area contributed by atoms with E-state index in [2.05, 4.69) is 26.0 Å². The molecule has 0 aliphatic heterocycles. The van der Waals surface area contributed by atoms with Crippen LogP contribution in [0.3, 0.4) is 0 Å². The molecular formula is C13H18BrFN2O3S2. The zero-order chi connectivity index (χ0) is 16.8. The Morgan fingerprint density at radius 3 is 2.73 bits per heavy atom. The molecule has 124 valence electrons. The van der Waals surface area contributed by atoms with E-state index in [-0.39, 0.29) is 11.4 Å². The van der Waals surface area contributed by atoms with E-state index in [0.29, 0.717) is 16.6 Å². The van der Waals surface area contributed by atoms with Crippen molar-refractivity contribution in [2.45, 2.75) is 19.4 Å². The van der Waals surface area contributed by atoms with Gasteiger partial charge in [-0.2, -0.15) is 11.8 Å². The molecule has 0 aliphatic carbocycles. The number of nitrogens with one attached hydrogen (secondary N) is 2. The third-order valence-corrected chi connectivity index (χ3v) is 5.36. The number of amides is 1. The van der Waals surface area contributed by atoms with Crippen molar-refractivity contribution in [1.29, 1.82) is 0 Å². The Kier molecular flexibility index (Phi) is 7.81. The molecule has 22 heavy (non-hydrogen) atoms. The number of thioether (sulfide) groups is 1. The number of sulfonamides is 1. The Hall–Kier alpha value is -0.640. The van der Waals surface area contributed by atoms with E-state index in [0.717, 1.165) is 0 Å². The number of halogens is 2. The number of carbonyl (C=O) groups is 1. The van der Waals surface area contributed by atoms with Crippen molar-refractivity contribution in [2.24, 2.45) is 0 Å². The molecule has 0 saturated heterocycles. The van der Waals surface area contributed by atoms with Gasteiger partial charge in [-0.05, 0) is 43.6 Å². The van der Waals surface area contributed by atoms with E-state index in [4.69, 9.17) is 0 Å². The molecule has 9 heteroatoms. The van der Waals surface area contributed by atoms with Crippen molar-refractivity contribution < 1.29 is 17.6 Å². The molecule has 1 aromatic rings. The van der Waals surface area contributed by atoms with Gasteiger partial charge in [0, 0.05) is 4.47 Å². The summed E-state index contributed by atoms with van der Waals surface area (Å²) in [5.74, 6) is -0.686. The number of carbonyl (C=O) groups excluding carboxylic acids is 1. The maximum Gasteiger partial charge on any atom is 0.242 e. The van der Waals surface area contributed by atoms with Crippen molar-refractivity contribution in [2.75, 3.05) is 23.1 Å². The number of benzene rings is 1. The van der Waals surface area contributed by atoms with Gasteiger partial charge in [0.25, 0.3) is 0 Å². The zero-order valence-corrected chi connectivity index (χ0v) is 15.4. The molecule has 0 aliphatic rings. The third kappa shape index (κ3) is 6.23. The molecule has 1 atom stereocenters. The average molecular weight is 413 g/mol. The van der Waals surface area contributed by atoms with Gasteiger partial charge in [-0.15, -0.1) is 0 Å². The van der Waals surface area contributed by atoms with Crippen LogP contribution >= 0.6 is 27.7 Å². The molecule has 1 amide bonds. The lowest BCUT2D eigenvalue weighted by Crippen LogP contribution is -2.44. The van der Waals surface area contributed by atoms with Gasteiger partial charge in [-0.1, -0.05) is 15.9 Å². The lowest BCUT2D eigenvalue weighted by molar-refractivity contribution is -0.117. The Morgan fingerprint density at radius 2 is 2.14 bits per heavy atom. The molecule has 1 rings (SSSR count). The summed E-state index contributed by atoms with van der Waals surface area (Å²) >= 11 is 4.69. The van der Waals surface area contributed by atoms with Crippen LogP contribution in [0.2, 0.25) is 0 Å². The lowest BCUT2D eigenvalue weighted by atomic mass is 10.2. The maximum atomic E-state index is 13.7. The standard InChI is InChI=1S/C13H18BrFN2O3S2/c1-3-22(19,20)17-11(6-7-21-2)13(18)16-12-8-9(14)4-5-10(12)15/h4-5,8,11,17H,3,6-7H2,1-2H3,(H,16,18). The Balaban J connectivity index is 2.89. The topological polar surface area (TPSA) is 75.3 Å². The van der Waals surface area contributed by atoms with E-state index < -0.39 is 27.8 Å². The quantitative estimate of drug-likeness (QED) is 0.687. The van der Waals surface area contributed by atoms with Gasteiger partial charge in [0.1, 0.15) is 11.9 Å². The average Bonchev–Trinajstić information content (AvgIpc) is 2.47. The molecule has 2 N–H and O–H groups in total. The van der Waals surface area contributed by atoms with Gasteiger partial charge in [-0.25, -0.2) is 17.5 Å². The van der Waals surface area contributed by atoms with Crippen LogP contribution in [0.15, 0.2) is 22.7 Å². The van der Waals surface area contributed by atoms with Crippen LogP contribution in [-0.4, -0.2) is 38.1 Å². The minimum Gasteiger partial charge on any atom is -0.322 e. The molecule has 0 spiro atoms. The minimum atomic E-state index is -3.53. The Morgan fingerprint density at radius 1 is 1.45 bits per heavy atom. The summed E-state index contributed by atoms with van der Waals surface area (Å²) in [5.41, 5.74) is 0.00391. The SMILES string of the molecule is CCS(=O)(=O)NC(CCSC)C(=O)Nc1cc(Br)ccc1F. The lowest BCUT2D eigenvalue weighted by Gasteiger charge is -2.18. The summed E-state index contributed by atoms with van der Waals surface area (Å²) in [5, 5.41) is 2.43. The molecule has 1 aromatic carbocycles. The van der Waals surface area contributed by atoms with Crippen LogP contribution in [0.1, 0.15) is 13.3 Å². The molecule has 0 fully saturated rings. The molecular weight excluding hydrogens is 395 g/mol. The van der Waals surface area contributed by atoms with Crippen molar-refractivity contribution in [3.63, 3.8) is 0 Å². The molecule has 0 aromatic heterocycles. The number of rotatable bonds is 8. The van der Waals surface area contributed by atoms with Crippen LogP contribution < -0.4 is 10.0 Å². The summed E-state index contributed by atoms with van der Waals surface area (Å²) in [6.45, 7) is 1.49. The van der Waals surface area contributed by atoms with Gasteiger partial charge < -0.3 is 5.32 Å². The first-order valence-electron chi connectivity index (χ1n) is 6.54. The van der Waals surface area contributed by atoms with Crippen molar-refractivity contribution in [3.8, 4) is 0 Å². The van der Waals surface area contributed by atoms with Crippen LogP contribution in [0.4, 0.5) is 10.1 Å². The van der Waals surface area contributed by atoms with Crippen LogP contribution in [0.5, 0.6) is 0 Å². The second kappa shape index (κ2) is 8.85. The van der Waals surface area contributed by atoms with Crippen LogP contribution in [0.25, 0.3) is 0 Å². The van der Waals surface area contributed by atoms with Crippen LogP contribution in [-0.2, 0) is 14.8 Å². The maximum absolute atomic E-state index is 13.7. The molecule has 0 saturated carbocycles. The number of anilines is 1. The van der Waals surface area contributed by atoms with E-state index in [1.54, 1.807) is 0 Å². The fourth-order valence-corrected chi connectivity index (χ4v) is 3.25. The Bertz CT molecular complexity index is 626. The predicted molar refractivity (Wildman–Crippen MR) is 92.1 cm³/mol. The summed E-state index contributed by atoms with van der Waals surface area (Å²) in [7, 11) is -3.53. The Labute approximate surface area is 142 Å². The summed E-state index contributed by atoms with van der Waals surface area (Å²) in [6.07, 6.45) is 2.18. The van der Waals surface area contributed by atoms with Gasteiger partial charge in [0.05, 0.1) is 11.4 Å². The summed E-state index contributed by atoms with van der Waals surface area (Å²) < 4.78 is 40.0. The van der Waals surface area contributed by atoms with Gasteiger partial charge >= 0.3 is 0 Å². The molecule has 0 heterocycles. The van der Waals surface area contributed by atoms with Gasteiger partial charge in [-0.3, -0.25) is 4.79 Å². The smallest absolute Gasteiger partial charge is 0.242 e. The zero-order valence-electron chi connectivity index (χ0n) is 12.2. The minimum absolute atomic E-state index is 0.00391. The molecule has 0 bridgehead atoms. The normalized spacial score (nSPS) is 12.9. The van der Waals surface area contributed by atoms with Gasteiger partial charge in [0.2, 0.25) is 15.9 Å². The van der Waals surface area contributed by atoms with Gasteiger partial charge in [0.15, 0.2) is 0 Å². The fourth-order valence-electron chi connectivity index (χ4n) is 1.59. The first-order valence-corrected chi connectivity index (χ1v) is 10.4. The van der Waals surface area contributed by atoms with Crippen LogP contribution in [0, 0.1) is 5.82 Å². The van der Waals surface area contributed by atoms with Crippen molar-refractivity contribution in [3.05, 3.63) is 28.5 Å². The molecule has 5 nitrogen and oxygen atoms in total. The van der Waals surface area contributed by atoms with Crippen molar-refractivity contribution >= 4 is 49.3 Å². The van der Waals surface area contributed by atoms with E-state index in [9.17, 15) is 17.6 Å². The third-order valence-electron chi connectivity index (χ3n) is 2.82. The van der Waals surface area contributed by atoms with E-state index in [1.165, 1.54) is 36.9 Å². The largest absolute Gasteiger partial charge is 0.322 e. The summed E-state index contributed by atoms with van der Waals surface area (Å²) in [6, 6.07) is 3.21. The predicted octanol–water partition coefficient (Wildman–Crippen LogP) is 2.59. The molecule has 0 radical (unpaired) electrons. The highest BCUT2D eigenvalue weighted by Gasteiger charge is 2.24. The first kappa shape index (κ1) is 19.4. The molecule has 1 unspecified atom stereocenters. The van der Waals surface area contributed by atoms with E-state index >= 15 is 0 Å². The second-order valence-electron chi connectivity index (χ2n) is 4.47. The monoisotopic (exact) mass is 412 g/mol. The second-order valence-corrected chi connectivity index (χ2v) is 8.41. The highest BCUT2D eigenvalue weighted by molar-refractivity contribution is 9.10.